The minimum absolute atomic E-state index is 0.208. The zero-order valence-corrected chi connectivity index (χ0v) is 13.5. The molecular weight excluding hydrogens is 356 g/mol. The van der Waals surface area contributed by atoms with Crippen molar-refractivity contribution in [1.29, 1.82) is 0 Å². The normalized spacial score (nSPS) is 26.8. The maximum atomic E-state index is 12.3. The van der Waals surface area contributed by atoms with Gasteiger partial charge in [0.2, 0.25) is 0 Å². The second-order valence-electron chi connectivity index (χ2n) is 5.77. The summed E-state index contributed by atoms with van der Waals surface area (Å²) in [5.41, 5.74) is -0.906. The van der Waals surface area contributed by atoms with Gasteiger partial charge in [-0.3, -0.25) is 9.59 Å². The lowest BCUT2D eigenvalue weighted by Crippen LogP contribution is -2.41. The number of aromatic nitrogens is 4. The van der Waals surface area contributed by atoms with Gasteiger partial charge >= 0.3 is 11.1 Å². The van der Waals surface area contributed by atoms with Crippen LogP contribution in [0, 0.1) is 11.8 Å². The molecule has 2 fully saturated rings. The third-order valence-electron chi connectivity index (χ3n) is 4.45. The molecule has 0 aliphatic heterocycles. The lowest BCUT2D eigenvalue weighted by Gasteiger charge is -2.15. The maximum Gasteiger partial charge on any atom is 0.316 e. The molecule has 2 aliphatic rings. The molecule has 2 unspecified atom stereocenters. The van der Waals surface area contributed by atoms with Crippen molar-refractivity contribution in [2.24, 2.45) is 11.8 Å². The summed E-state index contributed by atoms with van der Waals surface area (Å²) in [4.78, 5) is 24.5. The second kappa shape index (κ2) is 4.88. The minimum Gasteiger partial charge on any atom is -0.306 e. The molecule has 0 amide bonds. The first-order chi connectivity index (χ1) is 10.1. The average Bonchev–Trinajstić information content (AvgIpc) is 2.87. The van der Waals surface area contributed by atoms with Crippen LogP contribution in [0.5, 0.6) is 0 Å². The Morgan fingerprint density at radius 1 is 1.14 bits per heavy atom. The fourth-order valence-electron chi connectivity index (χ4n) is 3.29. The zero-order valence-electron chi connectivity index (χ0n) is 11.1. The summed E-state index contributed by atoms with van der Waals surface area (Å²) < 4.78 is 3.70. The molecule has 21 heavy (non-hydrogen) atoms. The molecule has 0 bridgehead atoms. The Hall–Kier alpha value is -1.28. The van der Waals surface area contributed by atoms with Crippen molar-refractivity contribution in [2.45, 2.75) is 31.8 Å². The summed E-state index contributed by atoms with van der Waals surface area (Å²) in [6.07, 6.45) is 6.81. The Balaban J connectivity index is 1.63. The molecule has 2 aliphatic carbocycles. The van der Waals surface area contributed by atoms with E-state index in [9.17, 15) is 9.59 Å². The van der Waals surface area contributed by atoms with E-state index in [1.165, 1.54) is 22.3 Å². The van der Waals surface area contributed by atoms with Gasteiger partial charge < -0.3 is 9.13 Å². The summed E-state index contributed by atoms with van der Waals surface area (Å²) in [6, 6.07) is 0.208. The SMILES string of the molecule is O=c1c(=O)n(C2CC3CC3C2)ccn1Cc1nnc(Br)s1. The van der Waals surface area contributed by atoms with Crippen LogP contribution >= 0.6 is 27.3 Å². The standard InChI is InChI=1S/C13H13BrN4O2S/c14-13-16-15-10(21-13)6-17-1-2-18(12(20)11(17)19)9-4-7-3-8(7)5-9/h1-2,7-9H,3-6H2. The van der Waals surface area contributed by atoms with E-state index >= 15 is 0 Å². The van der Waals surface area contributed by atoms with E-state index in [0.29, 0.717) is 8.92 Å². The van der Waals surface area contributed by atoms with E-state index in [0.717, 1.165) is 24.7 Å². The van der Waals surface area contributed by atoms with Crippen molar-refractivity contribution < 1.29 is 0 Å². The van der Waals surface area contributed by atoms with Crippen LogP contribution in [-0.2, 0) is 6.54 Å². The molecule has 2 atom stereocenters. The lowest BCUT2D eigenvalue weighted by atomic mass is 10.1. The van der Waals surface area contributed by atoms with Crippen LogP contribution in [0.3, 0.4) is 0 Å². The highest BCUT2D eigenvalue weighted by atomic mass is 79.9. The quantitative estimate of drug-likeness (QED) is 0.772. The summed E-state index contributed by atoms with van der Waals surface area (Å²) in [5.74, 6) is 1.56. The van der Waals surface area contributed by atoms with E-state index in [2.05, 4.69) is 26.1 Å². The first kappa shape index (κ1) is 13.4. The largest absolute Gasteiger partial charge is 0.316 e. The molecule has 2 aromatic rings. The van der Waals surface area contributed by atoms with Gasteiger partial charge in [0, 0.05) is 18.4 Å². The number of fused-ring (bicyclic) bond motifs is 1. The highest BCUT2D eigenvalue weighted by Crippen LogP contribution is 2.55. The highest BCUT2D eigenvalue weighted by Gasteiger charge is 2.46. The van der Waals surface area contributed by atoms with Gasteiger partial charge in [-0.2, -0.15) is 0 Å². The third-order valence-corrected chi connectivity index (χ3v) is 5.79. The van der Waals surface area contributed by atoms with Crippen molar-refractivity contribution in [3.63, 3.8) is 0 Å². The molecule has 0 aromatic carbocycles. The molecule has 2 heterocycles. The topological polar surface area (TPSA) is 69.8 Å². The minimum atomic E-state index is -0.482. The van der Waals surface area contributed by atoms with Crippen LogP contribution in [-0.4, -0.2) is 19.3 Å². The van der Waals surface area contributed by atoms with Crippen LogP contribution < -0.4 is 11.1 Å². The fraction of sp³-hybridized carbons (Fsp3) is 0.538. The van der Waals surface area contributed by atoms with Crippen LogP contribution in [0.1, 0.15) is 30.3 Å². The van der Waals surface area contributed by atoms with E-state index < -0.39 is 11.1 Å². The van der Waals surface area contributed by atoms with Gasteiger partial charge in [-0.05, 0) is 47.0 Å². The Morgan fingerprint density at radius 3 is 2.57 bits per heavy atom. The van der Waals surface area contributed by atoms with Crippen molar-refractivity contribution in [1.82, 2.24) is 19.3 Å². The zero-order chi connectivity index (χ0) is 14.6. The average molecular weight is 369 g/mol. The number of nitrogens with zero attached hydrogens (tertiary/aromatic N) is 4. The van der Waals surface area contributed by atoms with Gasteiger partial charge in [0.25, 0.3) is 0 Å². The summed E-state index contributed by atoms with van der Waals surface area (Å²) in [5, 5.41) is 8.49. The predicted octanol–water partition coefficient (Wildman–Crippen LogP) is 1.64. The molecule has 0 N–H and O–H groups in total. The van der Waals surface area contributed by atoms with E-state index in [-0.39, 0.29) is 12.6 Å². The van der Waals surface area contributed by atoms with Crippen molar-refractivity contribution in [3.8, 4) is 0 Å². The van der Waals surface area contributed by atoms with Crippen molar-refractivity contribution >= 4 is 27.3 Å². The molecule has 6 nitrogen and oxygen atoms in total. The Bertz CT molecular complexity index is 801. The van der Waals surface area contributed by atoms with E-state index in [4.69, 9.17) is 0 Å². The van der Waals surface area contributed by atoms with Gasteiger partial charge in [-0.15, -0.1) is 10.2 Å². The Labute approximate surface area is 132 Å². The molecule has 110 valence electrons. The Kier molecular flexibility index (Phi) is 3.11. The van der Waals surface area contributed by atoms with Gasteiger partial charge in [0.1, 0.15) is 5.01 Å². The molecule has 2 aromatic heterocycles. The van der Waals surface area contributed by atoms with Crippen LogP contribution in [0.25, 0.3) is 0 Å². The molecule has 2 saturated carbocycles. The number of rotatable bonds is 3. The van der Waals surface area contributed by atoms with Crippen molar-refractivity contribution in [3.05, 3.63) is 42.0 Å². The number of hydrogen-bond acceptors (Lipinski definition) is 5. The molecule has 8 heteroatoms. The van der Waals surface area contributed by atoms with Gasteiger partial charge in [-0.25, -0.2) is 0 Å². The molecule has 0 saturated heterocycles. The number of halogens is 1. The molecule has 0 radical (unpaired) electrons. The van der Waals surface area contributed by atoms with Crippen LogP contribution in [0.4, 0.5) is 0 Å². The highest BCUT2D eigenvalue weighted by molar-refractivity contribution is 9.11. The third kappa shape index (κ3) is 2.40. The fourth-order valence-corrected chi connectivity index (χ4v) is 4.49. The van der Waals surface area contributed by atoms with Gasteiger partial charge in [0.05, 0.1) is 6.54 Å². The molecular formula is C13H13BrN4O2S. The maximum absolute atomic E-state index is 12.3. The first-order valence-electron chi connectivity index (χ1n) is 6.91. The second-order valence-corrected chi connectivity index (χ2v) is 8.11. The van der Waals surface area contributed by atoms with Gasteiger partial charge in [-0.1, -0.05) is 11.3 Å². The van der Waals surface area contributed by atoms with Crippen molar-refractivity contribution in [2.75, 3.05) is 0 Å². The summed E-state index contributed by atoms with van der Waals surface area (Å²) >= 11 is 4.59. The number of hydrogen-bond donors (Lipinski definition) is 0. The van der Waals surface area contributed by atoms with E-state index in [1.54, 1.807) is 17.0 Å². The van der Waals surface area contributed by atoms with Crippen LogP contribution in [0.2, 0.25) is 0 Å². The van der Waals surface area contributed by atoms with Gasteiger partial charge in [0.15, 0.2) is 3.92 Å². The predicted molar refractivity (Wildman–Crippen MR) is 81.5 cm³/mol. The monoisotopic (exact) mass is 368 g/mol. The van der Waals surface area contributed by atoms with Crippen LogP contribution in [0.15, 0.2) is 25.9 Å². The smallest absolute Gasteiger partial charge is 0.306 e. The molecule has 0 spiro atoms. The first-order valence-corrected chi connectivity index (χ1v) is 8.52. The van der Waals surface area contributed by atoms with E-state index in [1.807, 2.05) is 0 Å². The Morgan fingerprint density at radius 2 is 1.90 bits per heavy atom. The summed E-state index contributed by atoms with van der Waals surface area (Å²) in [6.45, 7) is 0.286. The summed E-state index contributed by atoms with van der Waals surface area (Å²) in [7, 11) is 0. The lowest BCUT2D eigenvalue weighted by molar-refractivity contribution is 0.445. The molecule has 4 rings (SSSR count).